The number of ketones is 1. The van der Waals surface area contributed by atoms with Gasteiger partial charge in [-0.1, -0.05) is 29.9 Å². The molecule has 0 saturated carbocycles. The Balaban J connectivity index is 1.80. The minimum Gasteiger partial charge on any atom is -0.492 e. The van der Waals surface area contributed by atoms with Crippen molar-refractivity contribution in [2.45, 2.75) is 39.4 Å². The van der Waals surface area contributed by atoms with Crippen LogP contribution >= 0.6 is 34.5 Å². The van der Waals surface area contributed by atoms with Gasteiger partial charge in [0.2, 0.25) is 5.88 Å². The van der Waals surface area contributed by atoms with E-state index in [4.69, 9.17) is 17.0 Å². The molecule has 3 aromatic rings. The monoisotopic (exact) mass is 560 g/mol. The number of aromatic hydroxyl groups is 1. The van der Waals surface area contributed by atoms with Gasteiger partial charge in [0.15, 0.2) is 5.13 Å². The maximum Gasteiger partial charge on any atom is 0.454 e. The van der Waals surface area contributed by atoms with E-state index in [1.54, 1.807) is 0 Å². The molecule has 0 bridgehead atoms. The van der Waals surface area contributed by atoms with E-state index in [0.29, 0.717) is 5.00 Å². The lowest BCUT2D eigenvalue weighted by atomic mass is 10.0. The molecule has 192 valence electrons. The van der Waals surface area contributed by atoms with Gasteiger partial charge in [-0.15, -0.1) is 0 Å². The van der Waals surface area contributed by atoms with E-state index in [1.165, 1.54) is 13.1 Å². The predicted octanol–water partition coefficient (Wildman–Crippen LogP) is 5.72. The highest BCUT2D eigenvalue weighted by atomic mass is 35.5. The third kappa shape index (κ3) is 5.94. The quantitative estimate of drug-likeness (QED) is 0.135. The highest BCUT2D eigenvalue weighted by Gasteiger charge is 2.40. The van der Waals surface area contributed by atoms with Crippen LogP contribution in [0.1, 0.15) is 51.4 Å². The minimum atomic E-state index is -5.08. The molecule has 2 aromatic heterocycles. The SMILES string of the molecule is CCC(C)NC(=N)c1c(O)nsc1Nc1ncc(C(=O)Nc2c(Cl)ccc(C(=O)C(F)(F)F)c2C)s1. The van der Waals surface area contributed by atoms with Crippen LogP contribution < -0.4 is 16.0 Å². The fourth-order valence-electron chi connectivity index (χ4n) is 2.95. The fraction of sp³-hybridized carbons (Fsp3) is 0.286. The molecule has 3 rings (SSSR count). The normalized spacial score (nSPS) is 12.2. The molecule has 0 aliphatic carbocycles. The molecule has 0 saturated heterocycles. The van der Waals surface area contributed by atoms with Crippen LogP contribution in [0.25, 0.3) is 0 Å². The molecule has 1 atom stereocenters. The number of carbonyl (C=O) groups excluding carboxylic acids is 2. The first kappa shape index (κ1) is 27.4. The van der Waals surface area contributed by atoms with Crippen molar-refractivity contribution >= 4 is 67.8 Å². The number of nitrogens with one attached hydrogen (secondary N) is 4. The number of amidine groups is 1. The van der Waals surface area contributed by atoms with E-state index in [9.17, 15) is 27.9 Å². The van der Waals surface area contributed by atoms with Gasteiger partial charge in [-0.2, -0.15) is 17.5 Å². The number of thiazole rings is 1. The number of halogens is 4. The minimum absolute atomic E-state index is 0.0139. The van der Waals surface area contributed by atoms with Crippen LogP contribution in [0.5, 0.6) is 5.88 Å². The summed E-state index contributed by atoms with van der Waals surface area (Å²) in [6, 6.07) is 2.04. The molecule has 0 aliphatic rings. The van der Waals surface area contributed by atoms with Crippen LogP contribution in [0.4, 0.5) is 29.0 Å². The summed E-state index contributed by atoms with van der Waals surface area (Å²) < 4.78 is 42.5. The third-order valence-electron chi connectivity index (χ3n) is 5.03. The van der Waals surface area contributed by atoms with Crippen LogP contribution in [0.3, 0.4) is 0 Å². The van der Waals surface area contributed by atoms with Crippen LogP contribution in [0.15, 0.2) is 18.3 Å². The maximum absolute atomic E-state index is 12.9. The standard InChI is InChI=1S/C21H20ClF3N6O3S2/c1-4-8(2)28-16(26)13-18(34)31-36-19(13)30-20-27-7-12(35-20)17(33)29-14-9(3)10(5-6-11(14)22)15(32)21(23,24)25/h5-8H,4H2,1-3H3,(H2,26,28)(H,27,30)(H,29,33)(H,31,34). The average Bonchev–Trinajstić information content (AvgIpc) is 3.42. The maximum atomic E-state index is 12.9. The molecule has 15 heteroatoms. The van der Waals surface area contributed by atoms with Crippen LogP contribution in [-0.2, 0) is 0 Å². The molecule has 1 aromatic carbocycles. The van der Waals surface area contributed by atoms with Crippen molar-refractivity contribution < 1.29 is 27.9 Å². The van der Waals surface area contributed by atoms with Gasteiger partial charge in [0, 0.05) is 11.6 Å². The summed E-state index contributed by atoms with van der Waals surface area (Å²) >= 11 is 7.88. The van der Waals surface area contributed by atoms with Gasteiger partial charge in [-0.3, -0.25) is 15.0 Å². The van der Waals surface area contributed by atoms with Gasteiger partial charge < -0.3 is 21.1 Å². The van der Waals surface area contributed by atoms with E-state index in [-0.39, 0.29) is 49.6 Å². The fourth-order valence-corrected chi connectivity index (χ4v) is 4.68. The molecular formula is C21H20ClF3N6O3S2. The number of Topliss-reactive ketones (excluding diaryl/α,β-unsaturated/α-hetero) is 1. The van der Waals surface area contributed by atoms with E-state index >= 15 is 0 Å². The molecule has 0 fully saturated rings. The molecular weight excluding hydrogens is 541 g/mol. The Kier molecular flexibility index (Phi) is 8.21. The number of aromatic nitrogens is 2. The van der Waals surface area contributed by atoms with Gasteiger partial charge in [-0.05, 0) is 49.5 Å². The number of amides is 1. The highest BCUT2D eigenvalue weighted by Crippen LogP contribution is 2.35. The summed E-state index contributed by atoms with van der Waals surface area (Å²) in [7, 11) is 0. The van der Waals surface area contributed by atoms with Crippen molar-refractivity contribution in [1.29, 1.82) is 5.41 Å². The zero-order valence-corrected chi connectivity index (χ0v) is 21.4. The lowest BCUT2D eigenvalue weighted by molar-refractivity contribution is -0.0885. The Morgan fingerprint density at radius 1 is 1.31 bits per heavy atom. The summed E-state index contributed by atoms with van der Waals surface area (Å²) in [6.07, 6.45) is -3.09. The second kappa shape index (κ2) is 10.8. The van der Waals surface area contributed by atoms with Gasteiger partial charge in [0.05, 0.1) is 16.9 Å². The Morgan fingerprint density at radius 2 is 2.00 bits per heavy atom. The summed E-state index contributed by atoms with van der Waals surface area (Å²) in [5.74, 6) is -3.13. The second-order valence-electron chi connectivity index (χ2n) is 7.57. The number of rotatable bonds is 8. The van der Waals surface area contributed by atoms with Crippen LogP contribution in [-0.4, -0.2) is 44.2 Å². The van der Waals surface area contributed by atoms with E-state index in [0.717, 1.165) is 41.4 Å². The van der Waals surface area contributed by atoms with Crippen molar-refractivity contribution in [1.82, 2.24) is 14.7 Å². The Morgan fingerprint density at radius 3 is 2.64 bits per heavy atom. The molecule has 1 amide bonds. The van der Waals surface area contributed by atoms with Crippen LogP contribution in [0.2, 0.25) is 5.02 Å². The first-order chi connectivity index (χ1) is 16.8. The number of carbonyl (C=O) groups is 2. The molecule has 5 N–H and O–H groups in total. The smallest absolute Gasteiger partial charge is 0.454 e. The van der Waals surface area contributed by atoms with Crippen molar-refractivity contribution in [2.24, 2.45) is 0 Å². The molecule has 0 aliphatic heterocycles. The van der Waals surface area contributed by atoms with Gasteiger partial charge >= 0.3 is 6.18 Å². The van der Waals surface area contributed by atoms with E-state index in [2.05, 4.69) is 25.3 Å². The molecule has 1 unspecified atom stereocenters. The zero-order valence-electron chi connectivity index (χ0n) is 19.0. The number of hydrogen-bond donors (Lipinski definition) is 5. The van der Waals surface area contributed by atoms with E-state index in [1.807, 2.05) is 13.8 Å². The first-order valence-electron chi connectivity index (χ1n) is 10.3. The molecule has 0 spiro atoms. The molecule has 0 radical (unpaired) electrons. The summed E-state index contributed by atoms with van der Waals surface area (Å²) in [6.45, 7) is 5.07. The van der Waals surface area contributed by atoms with Crippen molar-refractivity contribution in [3.05, 3.63) is 44.9 Å². The summed E-state index contributed by atoms with van der Waals surface area (Å²) in [4.78, 5) is 28.7. The number of benzene rings is 1. The zero-order chi connectivity index (χ0) is 26.8. The highest BCUT2D eigenvalue weighted by molar-refractivity contribution is 7.18. The lowest BCUT2D eigenvalue weighted by Gasteiger charge is -2.14. The number of anilines is 3. The number of alkyl halides is 3. The molecule has 36 heavy (non-hydrogen) atoms. The van der Waals surface area contributed by atoms with Crippen LogP contribution in [0, 0.1) is 12.3 Å². The second-order valence-corrected chi connectivity index (χ2v) is 9.78. The first-order valence-corrected chi connectivity index (χ1v) is 12.3. The number of nitrogens with zero attached hydrogens (tertiary/aromatic N) is 2. The van der Waals surface area contributed by atoms with Gasteiger partial charge in [-0.25, -0.2) is 4.98 Å². The Hall–Kier alpha value is -3.23. The van der Waals surface area contributed by atoms with Gasteiger partial charge in [0.1, 0.15) is 21.3 Å². The van der Waals surface area contributed by atoms with Crippen molar-refractivity contribution in [3.63, 3.8) is 0 Å². The average molecular weight is 561 g/mol. The largest absolute Gasteiger partial charge is 0.492 e. The topological polar surface area (TPSA) is 140 Å². The summed E-state index contributed by atoms with van der Waals surface area (Å²) in [5.41, 5.74) is -0.730. The Labute approximate surface area is 216 Å². The summed E-state index contributed by atoms with van der Waals surface area (Å²) in [5, 5.41) is 27.1. The number of hydrogen-bond acceptors (Lipinski definition) is 9. The molecule has 2 heterocycles. The Bertz CT molecular complexity index is 1320. The lowest BCUT2D eigenvalue weighted by Crippen LogP contribution is -2.32. The molecule has 9 nitrogen and oxygen atoms in total. The van der Waals surface area contributed by atoms with Gasteiger partial charge in [0.25, 0.3) is 11.7 Å². The van der Waals surface area contributed by atoms with E-state index < -0.39 is 23.4 Å². The predicted molar refractivity (Wildman–Crippen MR) is 133 cm³/mol. The van der Waals surface area contributed by atoms with Crippen molar-refractivity contribution in [3.8, 4) is 5.88 Å². The van der Waals surface area contributed by atoms with Crippen molar-refractivity contribution in [2.75, 3.05) is 10.6 Å². The third-order valence-corrected chi connectivity index (χ3v) is 7.01.